The van der Waals surface area contributed by atoms with E-state index in [1.165, 1.54) is 11.3 Å². The summed E-state index contributed by atoms with van der Waals surface area (Å²) >= 11 is 4.91. The van der Waals surface area contributed by atoms with Gasteiger partial charge in [0.15, 0.2) is 0 Å². The van der Waals surface area contributed by atoms with Gasteiger partial charge < -0.3 is 19.7 Å². The summed E-state index contributed by atoms with van der Waals surface area (Å²) in [6.07, 6.45) is 2.52. The van der Waals surface area contributed by atoms with Gasteiger partial charge in [-0.3, -0.25) is 9.59 Å². The number of carbonyl (C=O) groups is 2. The molecule has 0 bridgehead atoms. The van der Waals surface area contributed by atoms with E-state index in [1.54, 1.807) is 30.2 Å². The van der Waals surface area contributed by atoms with E-state index in [9.17, 15) is 14.7 Å². The maximum absolute atomic E-state index is 13.3. The molecule has 1 atom stereocenters. The molecular formula is C27H23BrN2O4S. The number of H-pyrrole nitrogens is 1. The molecule has 8 heteroatoms. The predicted molar refractivity (Wildman–Crippen MR) is 141 cm³/mol. The monoisotopic (exact) mass is 550 g/mol. The summed E-state index contributed by atoms with van der Waals surface area (Å²) in [4.78, 5) is 32.3. The third kappa shape index (κ3) is 4.06. The second-order valence-corrected chi connectivity index (χ2v) is 10.2. The number of nitrogens with one attached hydrogen (secondary N) is 1. The van der Waals surface area contributed by atoms with Crippen molar-refractivity contribution in [2.45, 2.75) is 19.4 Å². The van der Waals surface area contributed by atoms with Gasteiger partial charge >= 0.3 is 0 Å². The summed E-state index contributed by atoms with van der Waals surface area (Å²) in [6, 6.07) is 14.4. The van der Waals surface area contributed by atoms with Crippen LogP contribution in [-0.2, 0) is 16.0 Å². The molecule has 0 aliphatic carbocycles. The number of methoxy groups -OCH3 is 1. The number of nitrogens with zero attached hydrogens (tertiary/aromatic N) is 1. The molecule has 1 saturated heterocycles. The minimum Gasteiger partial charge on any atom is -0.507 e. The van der Waals surface area contributed by atoms with Crippen LogP contribution in [0.15, 0.2) is 70.2 Å². The number of thiophene rings is 1. The second kappa shape index (κ2) is 9.36. The number of hydrogen-bond acceptors (Lipinski definition) is 5. The minimum atomic E-state index is -0.675. The molecule has 1 unspecified atom stereocenters. The molecule has 2 aromatic carbocycles. The van der Waals surface area contributed by atoms with Crippen LogP contribution in [0.3, 0.4) is 0 Å². The Kier molecular flexibility index (Phi) is 6.25. The number of aliphatic hydroxyl groups excluding tert-OH is 1. The second-order valence-electron chi connectivity index (χ2n) is 8.42. The molecule has 6 nitrogen and oxygen atoms in total. The number of aryl methyl sites for hydroxylation is 1. The maximum atomic E-state index is 13.3. The molecule has 0 spiro atoms. The summed E-state index contributed by atoms with van der Waals surface area (Å²) in [6.45, 7) is 2.30. The fourth-order valence-electron chi connectivity index (χ4n) is 4.60. The molecule has 2 N–H and O–H groups in total. The molecule has 2 aromatic heterocycles. The number of ether oxygens (including phenoxy) is 1. The number of hydrogen-bond donors (Lipinski definition) is 2. The summed E-state index contributed by atoms with van der Waals surface area (Å²) in [5.41, 5.74) is 3.62. The Morgan fingerprint density at radius 3 is 2.71 bits per heavy atom. The summed E-state index contributed by atoms with van der Waals surface area (Å²) in [5.74, 6) is -0.867. The molecule has 1 aliphatic heterocycles. The van der Waals surface area contributed by atoms with Crippen molar-refractivity contribution in [1.82, 2.24) is 9.88 Å². The first-order valence-corrected chi connectivity index (χ1v) is 12.8. The van der Waals surface area contributed by atoms with Crippen molar-refractivity contribution in [2.75, 3.05) is 13.7 Å². The highest BCUT2D eigenvalue weighted by molar-refractivity contribution is 9.10. The van der Waals surface area contributed by atoms with Gasteiger partial charge in [-0.25, -0.2) is 0 Å². The Hall–Kier alpha value is -3.36. The van der Waals surface area contributed by atoms with Crippen molar-refractivity contribution in [3.05, 3.63) is 91.7 Å². The number of aromatic amines is 1. The molecule has 3 heterocycles. The number of aromatic nitrogens is 1. The van der Waals surface area contributed by atoms with Crippen LogP contribution in [0.2, 0.25) is 0 Å². The number of aliphatic hydroxyl groups is 1. The van der Waals surface area contributed by atoms with Crippen molar-refractivity contribution < 1.29 is 19.4 Å². The quantitative estimate of drug-likeness (QED) is 0.176. The molecule has 0 saturated carbocycles. The normalized spacial score (nSPS) is 17.5. The number of ketones is 1. The minimum absolute atomic E-state index is 0.108. The summed E-state index contributed by atoms with van der Waals surface area (Å²) < 4.78 is 5.92. The van der Waals surface area contributed by atoms with Crippen LogP contribution in [0, 0.1) is 6.92 Å². The van der Waals surface area contributed by atoms with Crippen molar-refractivity contribution in [1.29, 1.82) is 0 Å². The Morgan fingerprint density at radius 1 is 1.20 bits per heavy atom. The molecule has 1 aliphatic rings. The van der Waals surface area contributed by atoms with Gasteiger partial charge in [-0.05, 0) is 76.1 Å². The van der Waals surface area contributed by atoms with Crippen LogP contribution in [0.25, 0.3) is 16.7 Å². The zero-order valence-corrected chi connectivity index (χ0v) is 21.6. The lowest BCUT2D eigenvalue weighted by Gasteiger charge is -2.25. The zero-order valence-electron chi connectivity index (χ0n) is 19.2. The number of halogens is 1. The van der Waals surface area contributed by atoms with Crippen LogP contribution in [-0.4, -0.2) is 40.3 Å². The topological polar surface area (TPSA) is 82.6 Å². The maximum Gasteiger partial charge on any atom is 0.295 e. The summed E-state index contributed by atoms with van der Waals surface area (Å²) in [5, 5.41) is 14.3. The number of Topliss-reactive ketones (excluding diaryl/α,β-unsaturated/α-hetero) is 1. The van der Waals surface area contributed by atoms with E-state index in [0.717, 1.165) is 26.9 Å². The molecule has 5 rings (SSSR count). The van der Waals surface area contributed by atoms with Gasteiger partial charge in [-0.2, -0.15) is 0 Å². The Bertz CT molecular complexity index is 1490. The first kappa shape index (κ1) is 23.4. The smallest absolute Gasteiger partial charge is 0.295 e. The molecule has 178 valence electrons. The lowest BCUT2D eigenvalue weighted by Crippen LogP contribution is -2.31. The highest BCUT2D eigenvalue weighted by Crippen LogP contribution is 2.43. The third-order valence-corrected chi connectivity index (χ3v) is 8.10. The summed E-state index contributed by atoms with van der Waals surface area (Å²) in [7, 11) is 1.55. The van der Waals surface area contributed by atoms with Gasteiger partial charge in [0.05, 0.1) is 23.2 Å². The van der Waals surface area contributed by atoms with E-state index in [0.29, 0.717) is 28.8 Å². The van der Waals surface area contributed by atoms with Crippen molar-refractivity contribution in [3.63, 3.8) is 0 Å². The van der Waals surface area contributed by atoms with Crippen LogP contribution < -0.4 is 4.74 Å². The number of amides is 1. The lowest BCUT2D eigenvalue weighted by atomic mass is 9.98. The van der Waals surface area contributed by atoms with E-state index in [2.05, 4.69) is 20.9 Å². The molecule has 35 heavy (non-hydrogen) atoms. The number of benzene rings is 2. The van der Waals surface area contributed by atoms with E-state index in [-0.39, 0.29) is 11.3 Å². The largest absolute Gasteiger partial charge is 0.507 e. The van der Waals surface area contributed by atoms with E-state index in [4.69, 9.17) is 4.74 Å². The van der Waals surface area contributed by atoms with E-state index >= 15 is 0 Å². The van der Waals surface area contributed by atoms with Gasteiger partial charge in [-0.1, -0.05) is 18.2 Å². The Labute approximate surface area is 215 Å². The predicted octanol–water partition coefficient (Wildman–Crippen LogP) is 5.97. The van der Waals surface area contributed by atoms with E-state index in [1.807, 2.05) is 48.8 Å². The molecule has 1 fully saturated rings. The fourth-order valence-corrected chi connectivity index (χ4v) is 6.18. The van der Waals surface area contributed by atoms with Crippen molar-refractivity contribution in [2.24, 2.45) is 0 Å². The zero-order chi connectivity index (χ0) is 24.7. The first-order chi connectivity index (χ1) is 16.9. The highest BCUT2D eigenvalue weighted by Gasteiger charge is 2.46. The first-order valence-electron chi connectivity index (χ1n) is 11.1. The molecular weight excluding hydrogens is 528 g/mol. The Morgan fingerprint density at radius 2 is 2.00 bits per heavy atom. The van der Waals surface area contributed by atoms with Crippen LogP contribution in [0.4, 0.5) is 0 Å². The number of fused-ring (bicyclic) bond motifs is 1. The lowest BCUT2D eigenvalue weighted by molar-refractivity contribution is -0.139. The van der Waals surface area contributed by atoms with Gasteiger partial charge in [0.2, 0.25) is 0 Å². The number of carbonyl (C=O) groups excluding carboxylic acids is 2. The van der Waals surface area contributed by atoms with Crippen LogP contribution >= 0.6 is 27.3 Å². The fraction of sp³-hybridized carbons (Fsp3) is 0.185. The average Bonchev–Trinajstić information content (AvgIpc) is 3.54. The van der Waals surface area contributed by atoms with Gasteiger partial charge in [0, 0.05) is 34.1 Å². The van der Waals surface area contributed by atoms with Crippen molar-refractivity contribution in [3.8, 4) is 5.75 Å². The Balaban J connectivity index is 1.56. The number of para-hydroxylation sites is 1. The van der Waals surface area contributed by atoms with Gasteiger partial charge in [0.1, 0.15) is 11.5 Å². The standard InChI is InChI=1S/C27H23BrN2O4S/c1-15-10-12-35-26(15)23-22(24(31)16-7-8-21(34-2)19(28)13-16)25(32)27(33)30(23)11-9-17-14-29-20-6-4-3-5-18(17)20/h3-8,10,12-14,23,29,31H,9,11H2,1-2H3/b24-22-. The van der Waals surface area contributed by atoms with Crippen molar-refractivity contribution >= 4 is 55.6 Å². The highest BCUT2D eigenvalue weighted by atomic mass is 79.9. The van der Waals surface area contributed by atoms with E-state index < -0.39 is 17.7 Å². The van der Waals surface area contributed by atoms with Crippen LogP contribution in [0.5, 0.6) is 5.75 Å². The number of rotatable bonds is 6. The molecule has 0 radical (unpaired) electrons. The third-order valence-electron chi connectivity index (χ3n) is 6.41. The van der Waals surface area contributed by atoms with Crippen LogP contribution in [0.1, 0.15) is 27.6 Å². The van der Waals surface area contributed by atoms with Gasteiger partial charge in [-0.15, -0.1) is 11.3 Å². The average molecular weight is 551 g/mol. The number of likely N-dealkylation sites (tertiary alicyclic amines) is 1. The SMILES string of the molecule is COc1ccc(/C(O)=C2/C(=O)C(=O)N(CCc3c[nH]c4ccccc34)C2c2sccc2C)cc1Br. The molecule has 1 amide bonds. The van der Waals surface area contributed by atoms with Gasteiger partial charge in [0.25, 0.3) is 11.7 Å². The molecule has 4 aromatic rings.